The molecule has 2 aliphatic rings. The third-order valence-corrected chi connectivity index (χ3v) is 5.07. The van der Waals surface area contributed by atoms with E-state index in [9.17, 15) is 0 Å². The number of aryl methyl sites for hydroxylation is 3. The largest absolute Gasteiger partial charge is 0.381 e. The summed E-state index contributed by atoms with van der Waals surface area (Å²) in [6, 6.07) is 2.12. The molecule has 3 rings (SSSR count). The Morgan fingerprint density at radius 3 is 2.96 bits per heavy atom. The average molecular weight is 319 g/mol. The van der Waals surface area contributed by atoms with Crippen molar-refractivity contribution < 1.29 is 4.74 Å². The molecule has 1 aromatic heterocycles. The molecule has 1 aromatic rings. The van der Waals surface area contributed by atoms with Crippen LogP contribution < -0.4 is 5.32 Å². The average Bonchev–Trinajstić information content (AvgIpc) is 3.23. The number of nitrogens with one attached hydrogen (secondary N) is 1. The maximum atomic E-state index is 5.61. The Hall–Kier alpha value is -1.56. The Kier molecular flexibility index (Phi) is 4.90. The number of likely N-dealkylation sites (tertiary alicyclic amines) is 1. The highest BCUT2D eigenvalue weighted by atomic mass is 16.5. The van der Waals surface area contributed by atoms with Gasteiger partial charge in [0.15, 0.2) is 5.96 Å². The standard InChI is InChI=1S/C17H29N5O/c1-14-11-15(2)22(20-14)8-4-7-19-16(18-3)21-9-5-17(12-21)6-10-23-13-17/h11H,4-10,12-13H2,1-3H3,(H,18,19). The minimum Gasteiger partial charge on any atom is -0.381 e. The highest BCUT2D eigenvalue weighted by Gasteiger charge is 2.42. The lowest BCUT2D eigenvalue weighted by Crippen LogP contribution is -2.42. The molecule has 23 heavy (non-hydrogen) atoms. The number of aromatic nitrogens is 2. The van der Waals surface area contributed by atoms with E-state index < -0.39 is 0 Å². The van der Waals surface area contributed by atoms with Crippen molar-refractivity contribution in [2.24, 2.45) is 10.4 Å². The van der Waals surface area contributed by atoms with Gasteiger partial charge in [-0.15, -0.1) is 0 Å². The summed E-state index contributed by atoms with van der Waals surface area (Å²) in [5.74, 6) is 1.03. The van der Waals surface area contributed by atoms with Crippen molar-refractivity contribution in [1.29, 1.82) is 0 Å². The van der Waals surface area contributed by atoms with E-state index in [0.717, 1.165) is 57.5 Å². The summed E-state index contributed by atoms with van der Waals surface area (Å²) < 4.78 is 7.69. The van der Waals surface area contributed by atoms with Crippen LogP contribution in [0.25, 0.3) is 0 Å². The summed E-state index contributed by atoms with van der Waals surface area (Å²) in [5, 5.41) is 8.02. The minimum absolute atomic E-state index is 0.376. The number of rotatable bonds is 4. The number of hydrogen-bond donors (Lipinski definition) is 1. The molecule has 0 radical (unpaired) electrons. The summed E-state index contributed by atoms with van der Waals surface area (Å²) in [6.45, 7) is 10.0. The van der Waals surface area contributed by atoms with Crippen LogP contribution in [0.1, 0.15) is 30.7 Å². The first-order chi connectivity index (χ1) is 11.1. The molecule has 3 heterocycles. The van der Waals surface area contributed by atoms with Crippen molar-refractivity contribution in [1.82, 2.24) is 20.0 Å². The molecule has 0 saturated carbocycles. The predicted molar refractivity (Wildman–Crippen MR) is 91.7 cm³/mol. The van der Waals surface area contributed by atoms with Crippen LogP contribution in [0.3, 0.4) is 0 Å². The van der Waals surface area contributed by atoms with E-state index in [1.54, 1.807) is 0 Å². The number of hydrogen-bond acceptors (Lipinski definition) is 3. The van der Waals surface area contributed by atoms with E-state index in [0.29, 0.717) is 5.41 Å². The highest BCUT2D eigenvalue weighted by Crippen LogP contribution is 2.38. The van der Waals surface area contributed by atoms with Gasteiger partial charge >= 0.3 is 0 Å². The second-order valence-corrected chi connectivity index (χ2v) is 6.95. The SMILES string of the molecule is CN=C(NCCCn1nc(C)cc1C)N1CCC2(CCOC2)C1. The van der Waals surface area contributed by atoms with Gasteiger partial charge in [0.25, 0.3) is 0 Å². The van der Waals surface area contributed by atoms with E-state index in [-0.39, 0.29) is 0 Å². The Morgan fingerprint density at radius 1 is 1.43 bits per heavy atom. The van der Waals surface area contributed by atoms with Crippen molar-refractivity contribution in [3.05, 3.63) is 17.5 Å². The predicted octanol–water partition coefficient (Wildman–Crippen LogP) is 1.58. The van der Waals surface area contributed by atoms with Crippen molar-refractivity contribution in [3.63, 3.8) is 0 Å². The first kappa shape index (κ1) is 16.3. The third kappa shape index (κ3) is 3.68. The summed E-state index contributed by atoms with van der Waals surface area (Å²) in [4.78, 5) is 6.85. The van der Waals surface area contributed by atoms with Gasteiger partial charge in [-0.25, -0.2) is 0 Å². The van der Waals surface area contributed by atoms with Crippen LogP contribution in [-0.4, -0.2) is 60.5 Å². The zero-order chi connectivity index (χ0) is 16.3. The van der Waals surface area contributed by atoms with Crippen LogP contribution in [0, 0.1) is 19.3 Å². The van der Waals surface area contributed by atoms with Crippen LogP contribution in [0.4, 0.5) is 0 Å². The van der Waals surface area contributed by atoms with E-state index in [2.05, 4.69) is 38.0 Å². The topological polar surface area (TPSA) is 54.7 Å². The molecule has 1 unspecified atom stereocenters. The molecule has 6 heteroatoms. The maximum Gasteiger partial charge on any atom is 0.193 e. The van der Waals surface area contributed by atoms with Gasteiger partial charge in [0.1, 0.15) is 0 Å². The lowest BCUT2D eigenvalue weighted by molar-refractivity contribution is 0.156. The van der Waals surface area contributed by atoms with Crippen LogP contribution in [-0.2, 0) is 11.3 Å². The second-order valence-electron chi connectivity index (χ2n) is 6.95. The molecule has 0 bridgehead atoms. The lowest BCUT2D eigenvalue weighted by atomic mass is 9.87. The summed E-state index contributed by atoms with van der Waals surface area (Å²) in [5.41, 5.74) is 2.70. The van der Waals surface area contributed by atoms with Gasteiger partial charge in [-0.3, -0.25) is 9.67 Å². The van der Waals surface area contributed by atoms with E-state index >= 15 is 0 Å². The van der Waals surface area contributed by atoms with Gasteiger partial charge in [0, 0.05) is 50.9 Å². The van der Waals surface area contributed by atoms with E-state index in [1.807, 2.05) is 14.0 Å². The van der Waals surface area contributed by atoms with E-state index in [1.165, 1.54) is 18.5 Å². The lowest BCUT2D eigenvalue weighted by Gasteiger charge is -2.25. The number of guanidine groups is 1. The molecule has 2 fully saturated rings. The fourth-order valence-corrected chi connectivity index (χ4v) is 3.75. The normalized spacial score (nSPS) is 24.8. The van der Waals surface area contributed by atoms with Gasteiger partial charge in [0.2, 0.25) is 0 Å². The Bertz CT molecular complexity index is 559. The van der Waals surface area contributed by atoms with Crippen molar-refractivity contribution in [2.75, 3.05) is 39.9 Å². The van der Waals surface area contributed by atoms with Gasteiger partial charge in [0.05, 0.1) is 12.3 Å². The first-order valence-corrected chi connectivity index (χ1v) is 8.66. The third-order valence-electron chi connectivity index (χ3n) is 5.07. The van der Waals surface area contributed by atoms with Crippen LogP contribution in [0.2, 0.25) is 0 Å². The minimum atomic E-state index is 0.376. The Labute approximate surface area is 138 Å². The molecular weight excluding hydrogens is 290 g/mol. The molecule has 1 spiro atoms. The highest BCUT2D eigenvalue weighted by molar-refractivity contribution is 5.80. The van der Waals surface area contributed by atoms with E-state index in [4.69, 9.17) is 4.74 Å². The van der Waals surface area contributed by atoms with Crippen molar-refractivity contribution >= 4 is 5.96 Å². The Balaban J connectivity index is 1.44. The zero-order valence-electron chi connectivity index (χ0n) is 14.6. The van der Waals surface area contributed by atoms with Crippen LogP contribution >= 0.6 is 0 Å². The maximum absolute atomic E-state index is 5.61. The smallest absolute Gasteiger partial charge is 0.193 e. The Morgan fingerprint density at radius 2 is 2.30 bits per heavy atom. The van der Waals surface area contributed by atoms with Gasteiger partial charge < -0.3 is 15.0 Å². The number of nitrogens with zero attached hydrogens (tertiary/aromatic N) is 4. The molecule has 1 N–H and O–H groups in total. The van der Waals surface area contributed by atoms with Gasteiger partial charge in [-0.1, -0.05) is 0 Å². The number of aliphatic imine (C=N–C) groups is 1. The van der Waals surface area contributed by atoms with Crippen LogP contribution in [0.5, 0.6) is 0 Å². The van der Waals surface area contributed by atoms with Crippen molar-refractivity contribution in [2.45, 2.75) is 39.7 Å². The summed E-state index contributed by atoms with van der Waals surface area (Å²) >= 11 is 0. The first-order valence-electron chi connectivity index (χ1n) is 8.66. The summed E-state index contributed by atoms with van der Waals surface area (Å²) in [6.07, 6.45) is 3.46. The molecule has 0 amide bonds. The zero-order valence-corrected chi connectivity index (χ0v) is 14.6. The van der Waals surface area contributed by atoms with Gasteiger partial charge in [-0.05, 0) is 39.2 Å². The fourth-order valence-electron chi connectivity index (χ4n) is 3.75. The second kappa shape index (κ2) is 6.91. The molecule has 128 valence electrons. The molecule has 2 aliphatic heterocycles. The monoisotopic (exact) mass is 319 g/mol. The number of ether oxygens (including phenoxy) is 1. The molecule has 1 atom stereocenters. The fraction of sp³-hybridized carbons (Fsp3) is 0.765. The van der Waals surface area contributed by atoms with Gasteiger partial charge in [-0.2, -0.15) is 5.10 Å². The summed E-state index contributed by atoms with van der Waals surface area (Å²) in [7, 11) is 1.87. The molecule has 0 aliphatic carbocycles. The molecule has 6 nitrogen and oxygen atoms in total. The van der Waals surface area contributed by atoms with Crippen LogP contribution in [0.15, 0.2) is 11.1 Å². The molecule has 0 aromatic carbocycles. The molecular formula is C17H29N5O. The quantitative estimate of drug-likeness (QED) is 0.520. The molecule has 2 saturated heterocycles. The van der Waals surface area contributed by atoms with Crippen molar-refractivity contribution in [3.8, 4) is 0 Å².